The van der Waals surface area contributed by atoms with E-state index in [1.54, 1.807) is 12.1 Å². The molecular formula is C12H6Br2F2N2O. The van der Waals surface area contributed by atoms with Crippen molar-refractivity contribution in [2.45, 2.75) is 0 Å². The maximum absolute atomic E-state index is 13.6. The van der Waals surface area contributed by atoms with Crippen molar-refractivity contribution in [3.8, 4) is 0 Å². The van der Waals surface area contributed by atoms with Crippen molar-refractivity contribution >= 4 is 43.5 Å². The molecule has 0 spiro atoms. The van der Waals surface area contributed by atoms with Crippen LogP contribution in [0.1, 0.15) is 10.4 Å². The highest BCUT2D eigenvalue weighted by atomic mass is 79.9. The molecule has 0 saturated carbocycles. The third-order valence-corrected chi connectivity index (χ3v) is 3.33. The van der Waals surface area contributed by atoms with Gasteiger partial charge in [0.1, 0.15) is 21.8 Å². The van der Waals surface area contributed by atoms with Crippen LogP contribution in [0.4, 0.5) is 14.5 Å². The van der Waals surface area contributed by atoms with Gasteiger partial charge in [0.25, 0.3) is 5.91 Å². The van der Waals surface area contributed by atoms with E-state index in [1.807, 2.05) is 0 Å². The lowest BCUT2D eigenvalue weighted by Crippen LogP contribution is -2.16. The van der Waals surface area contributed by atoms with Crippen molar-refractivity contribution in [1.29, 1.82) is 0 Å². The van der Waals surface area contributed by atoms with Crippen LogP contribution in [0.5, 0.6) is 0 Å². The molecule has 1 amide bonds. The van der Waals surface area contributed by atoms with Crippen LogP contribution in [0.25, 0.3) is 0 Å². The molecule has 3 nitrogen and oxygen atoms in total. The van der Waals surface area contributed by atoms with E-state index >= 15 is 0 Å². The quantitative estimate of drug-likeness (QED) is 0.782. The molecule has 0 fully saturated rings. The number of carbonyl (C=O) groups is 1. The van der Waals surface area contributed by atoms with Gasteiger partial charge >= 0.3 is 0 Å². The number of carbonyl (C=O) groups excluding carboxylic acids is 1. The summed E-state index contributed by atoms with van der Waals surface area (Å²) in [6, 6.07) is 5.20. The number of rotatable bonds is 2. The number of pyridine rings is 1. The summed E-state index contributed by atoms with van der Waals surface area (Å²) in [5.74, 6) is -2.76. The van der Waals surface area contributed by atoms with Crippen LogP contribution in [0.2, 0.25) is 0 Å². The normalized spacial score (nSPS) is 10.3. The van der Waals surface area contributed by atoms with Gasteiger partial charge in [0, 0.05) is 10.7 Å². The summed E-state index contributed by atoms with van der Waals surface area (Å²) in [7, 11) is 0. The van der Waals surface area contributed by atoms with E-state index in [1.165, 1.54) is 6.20 Å². The van der Waals surface area contributed by atoms with Gasteiger partial charge in [-0.3, -0.25) is 4.79 Å². The minimum atomic E-state index is -0.940. The highest BCUT2D eigenvalue weighted by molar-refractivity contribution is 9.10. The zero-order chi connectivity index (χ0) is 14.0. The maximum Gasteiger partial charge on any atom is 0.261 e. The van der Waals surface area contributed by atoms with Crippen LogP contribution in [0.15, 0.2) is 39.5 Å². The number of amides is 1. The van der Waals surface area contributed by atoms with Crippen molar-refractivity contribution < 1.29 is 13.6 Å². The van der Waals surface area contributed by atoms with E-state index in [2.05, 4.69) is 42.2 Å². The largest absolute Gasteiger partial charge is 0.319 e. The third kappa shape index (κ3) is 3.16. The standard InChI is InChI=1S/C12H6Br2F2N2O/c13-6-4-7(15)10(8(16)5-6)12(19)18-9-2-1-3-17-11(9)14/h1-5H,(H,18,19). The second kappa shape index (κ2) is 5.75. The Labute approximate surface area is 124 Å². The van der Waals surface area contributed by atoms with Gasteiger partial charge in [-0.2, -0.15) is 0 Å². The van der Waals surface area contributed by atoms with Crippen LogP contribution < -0.4 is 5.32 Å². The molecule has 0 aliphatic heterocycles. The molecule has 0 bridgehead atoms. The Morgan fingerprint density at radius 1 is 1.21 bits per heavy atom. The molecule has 19 heavy (non-hydrogen) atoms. The van der Waals surface area contributed by atoms with E-state index in [0.29, 0.717) is 10.3 Å². The van der Waals surface area contributed by atoms with E-state index in [-0.39, 0.29) is 4.47 Å². The smallest absolute Gasteiger partial charge is 0.261 e. The summed E-state index contributed by atoms with van der Waals surface area (Å²) < 4.78 is 27.8. The number of benzene rings is 1. The minimum absolute atomic E-state index is 0.224. The molecule has 1 N–H and O–H groups in total. The van der Waals surface area contributed by atoms with Crippen LogP contribution in [-0.2, 0) is 0 Å². The van der Waals surface area contributed by atoms with Crippen molar-refractivity contribution in [2.75, 3.05) is 5.32 Å². The SMILES string of the molecule is O=C(Nc1cccnc1Br)c1c(F)cc(Br)cc1F. The first-order valence-electron chi connectivity index (χ1n) is 5.05. The van der Waals surface area contributed by atoms with Gasteiger partial charge in [0.15, 0.2) is 0 Å². The van der Waals surface area contributed by atoms with E-state index in [0.717, 1.165) is 12.1 Å². The molecule has 0 atom stereocenters. The summed E-state index contributed by atoms with van der Waals surface area (Å²) in [4.78, 5) is 15.8. The second-order valence-corrected chi connectivity index (χ2v) is 5.21. The monoisotopic (exact) mass is 390 g/mol. The fourth-order valence-corrected chi connectivity index (χ4v) is 2.17. The van der Waals surface area contributed by atoms with Gasteiger partial charge in [-0.05, 0) is 40.2 Å². The van der Waals surface area contributed by atoms with Gasteiger partial charge in [-0.15, -0.1) is 0 Å². The van der Waals surface area contributed by atoms with Gasteiger partial charge in [0.2, 0.25) is 0 Å². The van der Waals surface area contributed by atoms with E-state index in [4.69, 9.17) is 0 Å². The number of anilines is 1. The van der Waals surface area contributed by atoms with Gasteiger partial charge < -0.3 is 5.32 Å². The lowest BCUT2D eigenvalue weighted by atomic mass is 10.2. The van der Waals surface area contributed by atoms with Crippen LogP contribution >= 0.6 is 31.9 Å². The lowest BCUT2D eigenvalue weighted by molar-refractivity contribution is 0.101. The fourth-order valence-electron chi connectivity index (χ4n) is 1.42. The molecule has 0 unspecified atom stereocenters. The Morgan fingerprint density at radius 2 is 1.84 bits per heavy atom. The van der Waals surface area contributed by atoms with Crippen molar-refractivity contribution in [1.82, 2.24) is 4.98 Å². The number of nitrogens with one attached hydrogen (secondary N) is 1. The molecule has 0 saturated heterocycles. The molecular weight excluding hydrogens is 386 g/mol. The third-order valence-electron chi connectivity index (χ3n) is 2.24. The van der Waals surface area contributed by atoms with Gasteiger partial charge in [0.05, 0.1) is 5.69 Å². The number of hydrogen-bond donors (Lipinski definition) is 1. The molecule has 1 aromatic heterocycles. The van der Waals surface area contributed by atoms with Gasteiger partial charge in [-0.25, -0.2) is 13.8 Å². The predicted molar refractivity (Wildman–Crippen MR) is 73.9 cm³/mol. The number of halogens is 4. The zero-order valence-electron chi connectivity index (χ0n) is 9.25. The Bertz CT molecular complexity index is 626. The summed E-state index contributed by atoms with van der Waals surface area (Å²) in [5, 5.41) is 2.38. The van der Waals surface area contributed by atoms with Crippen LogP contribution in [0, 0.1) is 11.6 Å². The number of nitrogens with zero attached hydrogens (tertiary/aromatic N) is 1. The number of hydrogen-bond acceptors (Lipinski definition) is 2. The molecule has 1 aromatic carbocycles. The molecule has 7 heteroatoms. The van der Waals surface area contributed by atoms with Crippen molar-refractivity contribution in [3.05, 3.63) is 56.7 Å². The molecule has 0 aliphatic rings. The van der Waals surface area contributed by atoms with Gasteiger partial charge in [-0.1, -0.05) is 15.9 Å². The van der Waals surface area contributed by atoms with Crippen LogP contribution in [-0.4, -0.2) is 10.9 Å². The Kier molecular flexibility index (Phi) is 4.26. The first-order chi connectivity index (χ1) is 8.99. The number of aromatic nitrogens is 1. The Hall–Kier alpha value is -1.34. The van der Waals surface area contributed by atoms with E-state index < -0.39 is 23.1 Å². The molecule has 0 aliphatic carbocycles. The highest BCUT2D eigenvalue weighted by Gasteiger charge is 2.19. The zero-order valence-corrected chi connectivity index (χ0v) is 12.4. The summed E-state index contributed by atoms with van der Waals surface area (Å²) >= 11 is 6.07. The lowest BCUT2D eigenvalue weighted by Gasteiger charge is -2.08. The minimum Gasteiger partial charge on any atom is -0.319 e. The molecule has 1 heterocycles. The molecule has 2 rings (SSSR count). The summed E-state index contributed by atoms with van der Waals surface area (Å²) in [5.41, 5.74) is -0.312. The summed E-state index contributed by atoms with van der Waals surface area (Å²) in [6.45, 7) is 0. The molecule has 2 aromatic rings. The second-order valence-electron chi connectivity index (χ2n) is 3.54. The van der Waals surface area contributed by atoms with E-state index in [9.17, 15) is 13.6 Å². The first kappa shape index (κ1) is 14.1. The summed E-state index contributed by atoms with van der Waals surface area (Å²) in [6.07, 6.45) is 1.51. The average Bonchev–Trinajstić information content (AvgIpc) is 2.30. The maximum atomic E-state index is 13.6. The fraction of sp³-hybridized carbons (Fsp3) is 0. The highest BCUT2D eigenvalue weighted by Crippen LogP contribution is 2.23. The Morgan fingerprint density at radius 3 is 2.42 bits per heavy atom. The molecule has 0 radical (unpaired) electrons. The first-order valence-corrected chi connectivity index (χ1v) is 6.64. The average molecular weight is 392 g/mol. The van der Waals surface area contributed by atoms with Crippen LogP contribution in [0.3, 0.4) is 0 Å². The predicted octanol–water partition coefficient (Wildman–Crippen LogP) is 4.14. The topological polar surface area (TPSA) is 42.0 Å². The Balaban J connectivity index is 2.34. The van der Waals surface area contributed by atoms with Crippen molar-refractivity contribution in [2.24, 2.45) is 0 Å². The molecule has 98 valence electrons. The van der Waals surface area contributed by atoms with Crippen molar-refractivity contribution in [3.63, 3.8) is 0 Å².